The summed E-state index contributed by atoms with van der Waals surface area (Å²) < 4.78 is 0. The molecule has 3 heterocycles. The molecule has 1 amide bonds. The lowest BCUT2D eigenvalue weighted by molar-refractivity contribution is 0.0754. The summed E-state index contributed by atoms with van der Waals surface area (Å²) in [5.41, 5.74) is 2.90. The molecule has 5 nitrogen and oxygen atoms in total. The molecule has 1 atom stereocenters. The Morgan fingerprint density at radius 3 is 2.88 bits per heavy atom. The maximum atomic E-state index is 12.6. The highest BCUT2D eigenvalue weighted by Gasteiger charge is 2.22. The predicted molar refractivity (Wildman–Crippen MR) is 101 cm³/mol. The third-order valence-electron chi connectivity index (χ3n) is 5.18. The molecule has 0 bridgehead atoms. The van der Waals surface area contributed by atoms with Crippen molar-refractivity contribution < 1.29 is 4.79 Å². The summed E-state index contributed by atoms with van der Waals surface area (Å²) in [6.07, 6.45) is 9.13. The van der Waals surface area contributed by atoms with Crippen molar-refractivity contribution in [3.8, 4) is 0 Å². The van der Waals surface area contributed by atoms with Gasteiger partial charge in [-0.1, -0.05) is 18.2 Å². The van der Waals surface area contributed by atoms with Crippen molar-refractivity contribution in [2.24, 2.45) is 5.92 Å². The van der Waals surface area contributed by atoms with E-state index in [1.54, 1.807) is 12.3 Å². The average Bonchev–Trinajstić information content (AvgIpc) is 2.94. The van der Waals surface area contributed by atoms with E-state index in [-0.39, 0.29) is 5.91 Å². The number of rotatable bonds is 3. The lowest BCUT2D eigenvalue weighted by Gasteiger charge is -2.20. The third-order valence-corrected chi connectivity index (χ3v) is 5.18. The lowest BCUT2D eigenvalue weighted by atomic mass is 9.91. The molecule has 1 aromatic carbocycles. The summed E-state index contributed by atoms with van der Waals surface area (Å²) in [6, 6.07) is 12.2. The van der Waals surface area contributed by atoms with Crippen molar-refractivity contribution in [1.29, 1.82) is 0 Å². The molecule has 0 spiro atoms. The minimum absolute atomic E-state index is 0.0161. The number of nitrogens with zero attached hydrogens (tertiary/aromatic N) is 4. The van der Waals surface area contributed by atoms with Gasteiger partial charge in [-0.15, -0.1) is 0 Å². The molecule has 26 heavy (non-hydrogen) atoms. The molecule has 0 aliphatic carbocycles. The highest BCUT2D eigenvalue weighted by Crippen LogP contribution is 2.26. The summed E-state index contributed by atoms with van der Waals surface area (Å²) in [5.74, 6) is 0.603. The van der Waals surface area contributed by atoms with E-state index in [2.05, 4.69) is 39.2 Å². The Bertz CT molecular complexity index is 891. The van der Waals surface area contributed by atoms with Crippen molar-refractivity contribution >= 4 is 16.8 Å². The van der Waals surface area contributed by atoms with Gasteiger partial charge in [0.05, 0.1) is 5.52 Å². The number of pyridine rings is 1. The van der Waals surface area contributed by atoms with Gasteiger partial charge in [0, 0.05) is 30.9 Å². The van der Waals surface area contributed by atoms with Gasteiger partial charge >= 0.3 is 0 Å². The van der Waals surface area contributed by atoms with E-state index in [1.807, 2.05) is 17.2 Å². The van der Waals surface area contributed by atoms with E-state index in [1.165, 1.54) is 17.3 Å². The van der Waals surface area contributed by atoms with Gasteiger partial charge in [0.1, 0.15) is 12.0 Å². The van der Waals surface area contributed by atoms with Crippen LogP contribution in [0.1, 0.15) is 35.3 Å². The Balaban J connectivity index is 1.45. The molecule has 2 aromatic heterocycles. The molecule has 0 N–H and O–H groups in total. The predicted octanol–water partition coefficient (Wildman–Crippen LogP) is 3.51. The molecule has 4 rings (SSSR count). The van der Waals surface area contributed by atoms with Crippen LogP contribution in [0.25, 0.3) is 10.9 Å². The van der Waals surface area contributed by atoms with Crippen LogP contribution in [-0.4, -0.2) is 38.8 Å². The van der Waals surface area contributed by atoms with Crippen LogP contribution in [0.5, 0.6) is 0 Å². The Morgan fingerprint density at radius 2 is 2.00 bits per heavy atom. The summed E-state index contributed by atoms with van der Waals surface area (Å²) >= 11 is 0. The van der Waals surface area contributed by atoms with Crippen molar-refractivity contribution in [2.75, 3.05) is 13.1 Å². The van der Waals surface area contributed by atoms with Crippen molar-refractivity contribution in [2.45, 2.75) is 25.7 Å². The third kappa shape index (κ3) is 3.57. The van der Waals surface area contributed by atoms with Crippen LogP contribution in [0.2, 0.25) is 0 Å². The Morgan fingerprint density at radius 1 is 1.04 bits per heavy atom. The summed E-state index contributed by atoms with van der Waals surface area (Å²) in [7, 11) is 0. The van der Waals surface area contributed by atoms with Gasteiger partial charge in [-0.3, -0.25) is 9.78 Å². The quantitative estimate of drug-likeness (QED) is 0.728. The Labute approximate surface area is 153 Å². The number of fused-ring (bicyclic) bond motifs is 1. The van der Waals surface area contributed by atoms with E-state index >= 15 is 0 Å². The zero-order chi connectivity index (χ0) is 17.8. The minimum atomic E-state index is 0.0161. The molecule has 5 heteroatoms. The van der Waals surface area contributed by atoms with Crippen LogP contribution in [0.15, 0.2) is 55.1 Å². The lowest BCUT2D eigenvalue weighted by Crippen LogP contribution is -2.32. The number of benzene rings is 1. The van der Waals surface area contributed by atoms with Gasteiger partial charge in [0.15, 0.2) is 0 Å². The van der Waals surface area contributed by atoms with Crippen LogP contribution >= 0.6 is 0 Å². The van der Waals surface area contributed by atoms with Crippen molar-refractivity contribution in [3.05, 3.63) is 66.4 Å². The molecule has 1 aliphatic heterocycles. The van der Waals surface area contributed by atoms with Crippen LogP contribution in [0.3, 0.4) is 0 Å². The summed E-state index contributed by atoms with van der Waals surface area (Å²) in [4.78, 5) is 27.0. The van der Waals surface area contributed by atoms with E-state index in [0.717, 1.165) is 44.3 Å². The second-order valence-electron chi connectivity index (χ2n) is 6.88. The number of likely N-dealkylation sites (tertiary alicyclic amines) is 1. The maximum Gasteiger partial charge on any atom is 0.272 e. The molecule has 1 aliphatic rings. The molecule has 3 aromatic rings. The average molecular weight is 346 g/mol. The highest BCUT2D eigenvalue weighted by atomic mass is 16.2. The fourth-order valence-corrected chi connectivity index (χ4v) is 3.81. The van der Waals surface area contributed by atoms with Gasteiger partial charge in [0.25, 0.3) is 5.91 Å². The smallest absolute Gasteiger partial charge is 0.272 e. The molecular weight excluding hydrogens is 324 g/mol. The van der Waals surface area contributed by atoms with Crippen LogP contribution in [-0.2, 0) is 6.42 Å². The van der Waals surface area contributed by atoms with Crippen LogP contribution in [0, 0.1) is 5.92 Å². The zero-order valence-corrected chi connectivity index (χ0v) is 14.7. The largest absolute Gasteiger partial charge is 0.337 e. The second-order valence-corrected chi connectivity index (χ2v) is 6.88. The first-order valence-electron chi connectivity index (χ1n) is 9.19. The Kier molecular flexibility index (Phi) is 4.86. The Hall–Kier alpha value is -2.82. The van der Waals surface area contributed by atoms with E-state index in [4.69, 9.17) is 0 Å². The zero-order valence-electron chi connectivity index (χ0n) is 14.7. The normalized spacial score (nSPS) is 17.8. The number of carbonyl (C=O) groups is 1. The van der Waals surface area contributed by atoms with E-state index < -0.39 is 0 Å². The SMILES string of the molecule is O=C(c1ccncn1)N1CCC[C@@H](Cc2cccc3ncccc23)CC1. The van der Waals surface area contributed by atoms with Crippen molar-refractivity contribution in [3.63, 3.8) is 0 Å². The van der Waals surface area contributed by atoms with E-state index in [0.29, 0.717) is 11.6 Å². The number of amides is 1. The second kappa shape index (κ2) is 7.60. The van der Waals surface area contributed by atoms with Gasteiger partial charge < -0.3 is 4.90 Å². The monoisotopic (exact) mass is 346 g/mol. The molecular formula is C21H22N4O. The first-order valence-corrected chi connectivity index (χ1v) is 9.19. The summed E-state index contributed by atoms with van der Waals surface area (Å²) in [5, 5.41) is 1.24. The number of hydrogen-bond acceptors (Lipinski definition) is 4. The first kappa shape index (κ1) is 16.6. The van der Waals surface area contributed by atoms with Crippen LogP contribution < -0.4 is 0 Å². The van der Waals surface area contributed by atoms with Gasteiger partial charge in [-0.2, -0.15) is 0 Å². The maximum absolute atomic E-state index is 12.6. The topological polar surface area (TPSA) is 59.0 Å². The fraction of sp³-hybridized carbons (Fsp3) is 0.333. The highest BCUT2D eigenvalue weighted by molar-refractivity contribution is 5.92. The van der Waals surface area contributed by atoms with Crippen molar-refractivity contribution in [1.82, 2.24) is 19.9 Å². The number of aromatic nitrogens is 3. The molecule has 1 fully saturated rings. The van der Waals surface area contributed by atoms with E-state index in [9.17, 15) is 4.79 Å². The standard InChI is InChI=1S/C21H22N4O/c26-21(20-8-11-22-15-24-20)25-12-3-4-16(9-13-25)14-17-5-1-7-19-18(17)6-2-10-23-19/h1-2,5-8,10-11,15-16H,3-4,9,12-14H2/t16-/m1/s1. The molecule has 132 valence electrons. The molecule has 1 saturated heterocycles. The number of carbonyl (C=O) groups excluding carboxylic acids is 1. The minimum Gasteiger partial charge on any atom is -0.337 e. The van der Waals surface area contributed by atoms with Gasteiger partial charge in [-0.05, 0) is 55.4 Å². The number of hydrogen-bond donors (Lipinski definition) is 0. The van der Waals surface area contributed by atoms with Gasteiger partial charge in [0.2, 0.25) is 0 Å². The summed E-state index contributed by atoms with van der Waals surface area (Å²) in [6.45, 7) is 1.59. The van der Waals surface area contributed by atoms with Crippen LogP contribution in [0.4, 0.5) is 0 Å². The molecule has 0 radical (unpaired) electrons. The van der Waals surface area contributed by atoms with Gasteiger partial charge in [-0.25, -0.2) is 9.97 Å². The molecule has 0 unspecified atom stereocenters. The first-order chi connectivity index (χ1) is 12.8. The molecule has 0 saturated carbocycles. The fourth-order valence-electron chi connectivity index (χ4n) is 3.81.